The fraction of sp³-hybridized carbons (Fsp3) is 0.462. The van der Waals surface area contributed by atoms with Crippen molar-refractivity contribution >= 4 is 21.6 Å². The van der Waals surface area contributed by atoms with Gasteiger partial charge in [0.05, 0.1) is 23.9 Å². The molecule has 0 saturated carbocycles. The van der Waals surface area contributed by atoms with Crippen LogP contribution in [0.2, 0.25) is 0 Å². The van der Waals surface area contributed by atoms with Crippen LogP contribution in [0.3, 0.4) is 0 Å². The van der Waals surface area contributed by atoms with Gasteiger partial charge in [-0.25, -0.2) is 8.42 Å². The molecule has 1 rings (SSSR count). The van der Waals surface area contributed by atoms with Gasteiger partial charge in [0.15, 0.2) is 0 Å². The molecule has 9 heteroatoms. The number of rotatable bonds is 6. The first kappa shape index (κ1) is 18.3. The smallest absolute Gasteiger partial charge is 0.339 e. The van der Waals surface area contributed by atoms with Crippen LogP contribution in [-0.4, -0.2) is 44.7 Å². The molecule has 1 N–H and O–H groups in total. The van der Waals surface area contributed by atoms with Crippen molar-refractivity contribution < 1.29 is 26.4 Å². The fourth-order valence-corrected chi connectivity index (χ4v) is 2.37. The van der Waals surface area contributed by atoms with E-state index in [2.05, 4.69) is 4.72 Å². The normalized spacial score (nSPS) is 12.0. The molecule has 22 heavy (non-hydrogen) atoms. The summed E-state index contributed by atoms with van der Waals surface area (Å²) in [5, 5.41) is 0. The number of anilines is 1. The first-order valence-electron chi connectivity index (χ1n) is 6.46. The van der Waals surface area contributed by atoms with Crippen LogP contribution in [0.15, 0.2) is 24.3 Å². The number of para-hydroxylation sites is 1. The second-order valence-corrected chi connectivity index (χ2v) is 6.42. The van der Waals surface area contributed by atoms with E-state index in [1.165, 1.54) is 24.3 Å². The van der Waals surface area contributed by atoms with Gasteiger partial charge in [0.1, 0.15) is 0 Å². The first-order chi connectivity index (χ1) is 10.0. The van der Waals surface area contributed by atoms with Gasteiger partial charge in [-0.15, -0.1) is 0 Å². The molecule has 0 bridgehead atoms. The molecule has 0 atom stereocenters. The van der Waals surface area contributed by atoms with Gasteiger partial charge < -0.3 is 4.90 Å². The van der Waals surface area contributed by atoms with Gasteiger partial charge in [-0.05, 0) is 19.1 Å². The Bertz CT molecular complexity index is 630. The Morgan fingerprint density at radius 2 is 1.86 bits per heavy atom. The summed E-state index contributed by atoms with van der Waals surface area (Å²) in [7, 11) is -3.60. The lowest BCUT2D eigenvalue weighted by Gasteiger charge is -2.23. The Morgan fingerprint density at radius 1 is 1.27 bits per heavy atom. The van der Waals surface area contributed by atoms with Crippen LogP contribution in [0, 0.1) is 0 Å². The summed E-state index contributed by atoms with van der Waals surface area (Å²) in [4.78, 5) is 13.3. The van der Waals surface area contributed by atoms with E-state index in [-0.39, 0.29) is 17.8 Å². The van der Waals surface area contributed by atoms with Gasteiger partial charge in [0.25, 0.3) is 5.91 Å². The number of alkyl halides is 3. The van der Waals surface area contributed by atoms with E-state index in [4.69, 9.17) is 0 Å². The van der Waals surface area contributed by atoms with E-state index < -0.39 is 35.1 Å². The number of nitrogens with one attached hydrogen (secondary N) is 1. The molecular weight excluding hydrogens is 321 g/mol. The maximum absolute atomic E-state index is 12.3. The summed E-state index contributed by atoms with van der Waals surface area (Å²) in [6.07, 6.45) is -4.55. The van der Waals surface area contributed by atoms with Gasteiger partial charge in [0, 0.05) is 13.1 Å². The predicted octanol–water partition coefficient (Wildman–Crippen LogP) is 2.47. The molecule has 0 radical (unpaired) electrons. The van der Waals surface area contributed by atoms with Gasteiger partial charge >= 0.3 is 6.18 Å². The zero-order chi connectivity index (χ0) is 17.0. The van der Waals surface area contributed by atoms with E-state index in [9.17, 15) is 26.4 Å². The Hall–Kier alpha value is -1.77. The van der Waals surface area contributed by atoms with Crippen molar-refractivity contribution in [2.75, 3.05) is 24.1 Å². The van der Waals surface area contributed by atoms with Gasteiger partial charge in [-0.1, -0.05) is 12.1 Å². The third kappa shape index (κ3) is 5.92. The summed E-state index contributed by atoms with van der Waals surface area (Å²) in [5.41, 5.74) is 0.0532. The van der Waals surface area contributed by atoms with Crippen LogP contribution in [0.4, 0.5) is 18.9 Å². The minimum atomic E-state index is -4.36. The Morgan fingerprint density at radius 3 is 2.36 bits per heavy atom. The maximum Gasteiger partial charge on any atom is 0.390 e. The number of hydrogen-bond donors (Lipinski definition) is 1. The van der Waals surface area contributed by atoms with Crippen molar-refractivity contribution in [3.63, 3.8) is 0 Å². The molecule has 0 aliphatic carbocycles. The molecule has 0 aliphatic rings. The molecule has 5 nitrogen and oxygen atoms in total. The van der Waals surface area contributed by atoms with Crippen molar-refractivity contribution in [2.24, 2.45) is 0 Å². The number of carbonyl (C=O) groups is 1. The molecule has 0 fully saturated rings. The SMILES string of the molecule is CCN(CCC(F)(F)F)C(=O)c1ccccc1NS(C)(=O)=O. The third-order valence-corrected chi connectivity index (χ3v) is 3.38. The summed E-state index contributed by atoms with van der Waals surface area (Å²) >= 11 is 0. The molecule has 0 unspecified atom stereocenters. The summed E-state index contributed by atoms with van der Waals surface area (Å²) in [5.74, 6) is -0.654. The van der Waals surface area contributed by atoms with Crippen molar-refractivity contribution in [2.45, 2.75) is 19.5 Å². The van der Waals surface area contributed by atoms with E-state index in [0.717, 1.165) is 11.2 Å². The Labute approximate surface area is 127 Å². The first-order valence-corrected chi connectivity index (χ1v) is 8.35. The quantitative estimate of drug-likeness (QED) is 0.866. The fourth-order valence-electron chi connectivity index (χ4n) is 1.79. The molecule has 0 spiro atoms. The second-order valence-electron chi connectivity index (χ2n) is 4.67. The number of hydrogen-bond acceptors (Lipinski definition) is 3. The maximum atomic E-state index is 12.3. The van der Waals surface area contributed by atoms with Crippen molar-refractivity contribution in [1.29, 1.82) is 0 Å². The molecule has 0 aliphatic heterocycles. The average Bonchev–Trinajstić information content (AvgIpc) is 2.36. The molecular formula is C13H17F3N2O3S. The van der Waals surface area contributed by atoms with E-state index in [1.54, 1.807) is 6.92 Å². The minimum Gasteiger partial charge on any atom is -0.339 e. The van der Waals surface area contributed by atoms with Crippen molar-refractivity contribution in [3.8, 4) is 0 Å². The van der Waals surface area contributed by atoms with Crippen LogP contribution in [0.1, 0.15) is 23.7 Å². The van der Waals surface area contributed by atoms with Crippen LogP contribution in [-0.2, 0) is 10.0 Å². The Kier molecular flexibility index (Phi) is 5.81. The highest BCUT2D eigenvalue weighted by Gasteiger charge is 2.29. The van der Waals surface area contributed by atoms with E-state index in [0.29, 0.717) is 0 Å². The number of halogens is 3. The van der Waals surface area contributed by atoms with E-state index in [1.807, 2.05) is 0 Å². The number of sulfonamides is 1. The highest BCUT2D eigenvalue weighted by atomic mass is 32.2. The van der Waals surface area contributed by atoms with Crippen molar-refractivity contribution in [3.05, 3.63) is 29.8 Å². The molecule has 124 valence electrons. The summed E-state index contributed by atoms with van der Waals surface area (Å²) < 4.78 is 61.6. The highest BCUT2D eigenvalue weighted by molar-refractivity contribution is 7.92. The minimum absolute atomic E-state index is 0.0111. The Balaban J connectivity index is 3.00. The standard InChI is InChI=1S/C13H17F3N2O3S/c1-3-18(9-8-13(14,15)16)12(19)10-6-4-5-7-11(10)17-22(2,20)21/h4-7,17H,3,8-9H2,1-2H3. The van der Waals surface area contributed by atoms with Crippen molar-refractivity contribution in [1.82, 2.24) is 4.90 Å². The molecule has 0 heterocycles. The molecule has 1 aromatic carbocycles. The predicted molar refractivity (Wildman–Crippen MR) is 77.2 cm³/mol. The van der Waals surface area contributed by atoms with Crippen LogP contribution < -0.4 is 4.72 Å². The van der Waals surface area contributed by atoms with Crippen LogP contribution in [0.5, 0.6) is 0 Å². The summed E-state index contributed by atoms with van der Waals surface area (Å²) in [6.45, 7) is 1.16. The highest BCUT2D eigenvalue weighted by Crippen LogP contribution is 2.22. The zero-order valence-corrected chi connectivity index (χ0v) is 13.0. The molecule has 1 aromatic rings. The number of benzene rings is 1. The summed E-state index contributed by atoms with van der Waals surface area (Å²) in [6, 6.07) is 5.78. The lowest BCUT2D eigenvalue weighted by molar-refractivity contribution is -0.136. The monoisotopic (exact) mass is 338 g/mol. The van der Waals surface area contributed by atoms with Gasteiger partial charge in [-0.2, -0.15) is 13.2 Å². The second kappa shape index (κ2) is 6.99. The van der Waals surface area contributed by atoms with Crippen LogP contribution >= 0.6 is 0 Å². The zero-order valence-electron chi connectivity index (χ0n) is 12.1. The lowest BCUT2D eigenvalue weighted by Crippen LogP contribution is -2.34. The third-order valence-electron chi connectivity index (χ3n) is 2.79. The van der Waals surface area contributed by atoms with E-state index >= 15 is 0 Å². The van der Waals surface area contributed by atoms with Gasteiger partial charge in [-0.3, -0.25) is 9.52 Å². The molecule has 1 amide bonds. The topological polar surface area (TPSA) is 66.5 Å². The largest absolute Gasteiger partial charge is 0.390 e. The van der Waals surface area contributed by atoms with Crippen LogP contribution in [0.25, 0.3) is 0 Å². The lowest BCUT2D eigenvalue weighted by atomic mass is 10.1. The number of nitrogens with zero attached hydrogens (tertiary/aromatic N) is 1. The number of carbonyl (C=O) groups excluding carboxylic acids is 1. The van der Waals surface area contributed by atoms with Gasteiger partial charge in [0.2, 0.25) is 10.0 Å². The molecule has 0 saturated heterocycles. The average molecular weight is 338 g/mol. The molecule has 0 aromatic heterocycles. The number of amides is 1.